The van der Waals surface area contributed by atoms with E-state index in [0.29, 0.717) is 25.8 Å². The number of nitrogens with zero attached hydrogens (tertiary/aromatic N) is 3. The highest BCUT2D eigenvalue weighted by molar-refractivity contribution is 7.10. The summed E-state index contributed by atoms with van der Waals surface area (Å²) in [4.78, 5) is 92.1. The number of carbonyl (C=O) groups is 6. The number of thiazole rings is 3. The summed E-state index contributed by atoms with van der Waals surface area (Å²) in [5.41, 5.74) is 6.33. The van der Waals surface area contributed by atoms with Crippen molar-refractivity contribution in [3.63, 3.8) is 0 Å². The van der Waals surface area contributed by atoms with Gasteiger partial charge in [0.1, 0.15) is 34.6 Å². The number of hydrogen-bond donors (Lipinski definition) is 8. The third kappa shape index (κ3) is 22.9. The first-order chi connectivity index (χ1) is 49.3. The molecule has 9 heterocycles. The first-order valence-electron chi connectivity index (χ1n) is 38.2. The molecule has 0 bridgehead atoms. The first kappa shape index (κ1) is 88.3. The Bertz CT molecular complexity index is 3460. The van der Waals surface area contributed by atoms with Crippen LogP contribution in [0.5, 0.6) is 0 Å². The van der Waals surface area contributed by atoms with Crippen molar-refractivity contribution in [2.45, 2.75) is 331 Å². The molecular weight excluding hydrogens is 1410 g/mol. The molecule has 106 heavy (non-hydrogen) atoms. The minimum absolute atomic E-state index is 0.0170. The molecule has 0 spiro atoms. The van der Waals surface area contributed by atoms with Gasteiger partial charge in [0.15, 0.2) is 0 Å². The second kappa shape index (κ2) is 36.5. The van der Waals surface area contributed by atoms with Crippen LogP contribution in [0.1, 0.15) is 253 Å². The van der Waals surface area contributed by atoms with Gasteiger partial charge in [-0.1, -0.05) is 102 Å². The second-order valence-electron chi connectivity index (χ2n) is 34.0. The summed E-state index contributed by atoms with van der Waals surface area (Å²) in [6.07, 6.45) is 6.78. The Labute approximate surface area is 641 Å². The van der Waals surface area contributed by atoms with Gasteiger partial charge in [-0.2, -0.15) is 0 Å². The molecular formula is C81H125N5O17S3. The Morgan fingerprint density at radius 3 is 1.14 bits per heavy atom. The number of cyclic esters (lactones) is 2. The highest BCUT2D eigenvalue weighted by Crippen LogP contribution is 2.48. The van der Waals surface area contributed by atoms with Gasteiger partial charge in [-0.25, -0.2) is 15.0 Å². The number of ketones is 3. The molecule has 0 aromatic carbocycles. The smallest absolute Gasteiger partial charge is 0.309 e. The van der Waals surface area contributed by atoms with E-state index in [1.807, 2.05) is 89.8 Å². The molecule has 1 amide bonds. The molecule has 6 fully saturated rings. The molecule has 6 aliphatic heterocycles. The molecule has 25 heteroatoms. The minimum Gasteiger partial charge on any atom is -0.458 e. The van der Waals surface area contributed by atoms with E-state index >= 15 is 0 Å². The molecule has 3 aromatic heterocycles. The Balaban J connectivity index is 0.000000222. The number of hydrogen-bond acceptors (Lipinski definition) is 24. The summed E-state index contributed by atoms with van der Waals surface area (Å²) in [6.45, 7) is 37.1. The van der Waals surface area contributed by atoms with E-state index in [4.69, 9.17) is 29.4 Å². The highest BCUT2D eigenvalue weighted by atomic mass is 32.1. The number of ether oxygens (including phenoxy) is 5. The van der Waals surface area contributed by atoms with Crippen LogP contribution >= 0.6 is 34.0 Å². The molecule has 0 radical (unpaired) electrons. The number of fused-ring (bicyclic) bond motifs is 3. The van der Waals surface area contributed by atoms with Gasteiger partial charge in [-0.05, 0) is 147 Å². The SMILES string of the molecule is C/C(=C\c1csc(C)n1)[C@@H]1C[C@@H]2O[C@]2(C)CCC[C@H](C)[C@H](O)[C@@H](C)C(=O)C(C)(C)[C@@H](O)CC(=O)N1.C/C(=C\c1csc(C)n1)[C@@H]1C[C@@H]2O[C@]2(C)CCC[C@H](C)[C@H](O)[C@@H](C)C(=O)C(C)(C)[C@@H](O)CC(=O)O1.C/C(=C\c1csc(CN)n1)[C@@H]1C[C@@H]2O[C@]2(C)CCC[C@H](C)[C@H](O)[C@@H](C)C(=O)C(C)(C)[C@@H](O)CC(=O)O1. The number of epoxide rings is 3. The number of esters is 2. The van der Waals surface area contributed by atoms with Crippen molar-refractivity contribution in [3.05, 3.63) is 65.0 Å². The molecule has 6 saturated heterocycles. The van der Waals surface area contributed by atoms with E-state index in [9.17, 15) is 59.4 Å². The van der Waals surface area contributed by atoms with Gasteiger partial charge in [0.05, 0.1) is 140 Å². The van der Waals surface area contributed by atoms with Crippen LogP contribution in [0, 0.1) is 65.6 Å². The number of aliphatic hydroxyl groups excluding tert-OH is 6. The third-order valence-electron chi connectivity index (χ3n) is 24.0. The number of nitrogens with two attached hydrogens (primary N) is 1. The lowest BCUT2D eigenvalue weighted by Crippen LogP contribution is -2.47. The van der Waals surface area contributed by atoms with Gasteiger partial charge in [0.2, 0.25) is 5.91 Å². The molecule has 3 aromatic rings. The Hall–Kier alpha value is -4.87. The van der Waals surface area contributed by atoms with Crippen LogP contribution < -0.4 is 11.1 Å². The third-order valence-corrected chi connectivity index (χ3v) is 26.5. The van der Waals surface area contributed by atoms with Crippen molar-refractivity contribution in [3.8, 4) is 0 Å². The van der Waals surface area contributed by atoms with E-state index in [1.54, 1.807) is 85.0 Å². The zero-order chi connectivity index (χ0) is 79.1. The lowest BCUT2D eigenvalue weighted by molar-refractivity contribution is -0.156. The fourth-order valence-corrected chi connectivity index (χ4v) is 17.1. The largest absolute Gasteiger partial charge is 0.458 e. The maximum atomic E-state index is 13.2. The zero-order valence-electron chi connectivity index (χ0n) is 66.5. The van der Waals surface area contributed by atoms with E-state index in [1.165, 1.54) is 11.3 Å². The molecule has 6 aliphatic rings. The predicted octanol–water partition coefficient (Wildman–Crippen LogP) is 12.2. The van der Waals surface area contributed by atoms with Crippen LogP contribution in [0.4, 0.5) is 0 Å². The van der Waals surface area contributed by atoms with Gasteiger partial charge in [-0.15, -0.1) is 34.0 Å². The Morgan fingerprint density at radius 1 is 0.491 bits per heavy atom. The van der Waals surface area contributed by atoms with Gasteiger partial charge < -0.3 is 65.4 Å². The minimum atomic E-state index is -1.24. The van der Waals surface area contributed by atoms with E-state index in [0.717, 1.165) is 107 Å². The number of amides is 1. The van der Waals surface area contributed by atoms with Gasteiger partial charge in [0, 0.05) is 59.7 Å². The fraction of sp³-hybridized carbons (Fsp3) is 0.741. The zero-order valence-corrected chi connectivity index (χ0v) is 68.9. The molecule has 0 aliphatic carbocycles. The lowest BCUT2D eigenvalue weighted by atomic mass is 9.72. The molecule has 0 saturated carbocycles. The number of carbonyl (C=O) groups excluding carboxylic acids is 6. The molecule has 9 rings (SSSR count). The maximum absolute atomic E-state index is 13.2. The summed E-state index contributed by atoms with van der Waals surface area (Å²) in [5.74, 6) is -4.38. The quantitative estimate of drug-likeness (QED) is 0.0804. The van der Waals surface area contributed by atoms with Gasteiger partial charge in [0.25, 0.3) is 0 Å². The van der Waals surface area contributed by atoms with Crippen molar-refractivity contribution < 1.29 is 83.1 Å². The van der Waals surface area contributed by atoms with Crippen LogP contribution in [-0.2, 0) is 59.0 Å². The number of rotatable bonds is 7. The van der Waals surface area contributed by atoms with Crippen molar-refractivity contribution in [1.82, 2.24) is 20.3 Å². The number of Topliss-reactive ketones (excluding diaryl/α,β-unsaturated/α-hetero) is 3. The summed E-state index contributed by atoms with van der Waals surface area (Å²) in [7, 11) is 0. The van der Waals surface area contributed by atoms with Crippen LogP contribution in [0.15, 0.2) is 32.9 Å². The van der Waals surface area contributed by atoms with Crippen molar-refractivity contribution in [2.75, 3.05) is 0 Å². The second-order valence-corrected chi connectivity index (χ2v) is 37.1. The summed E-state index contributed by atoms with van der Waals surface area (Å²) < 4.78 is 29.9. The summed E-state index contributed by atoms with van der Waals surface area (Å²) >= 11 is 4.61. The Morgan fingerprint density at radius 2 is 0.811 bits per heavy atom. The van der Waals surface area contributed by atoms with Crippen LogP contribution in [0.2, 0.25) is 0 Å². The van der Waals surface area contributed by atoms with Crippen molar-refractivity contribution >= 4 is 87.4 Å². The number of aliphatic hydroxyl groups is 6. The number of aromatic nitrogens is 3. The standard InChI is InChI=1S/C27H42N2O6S.C27H42N2O5S.C27H41NO6S/c1-15-8-7-9-27(6)21(35-27)11-19(16(2)10-18-14-36-22(13-28)29-18)34-23(31)12-20(30)26(4,5)25(33)17(3)24(15)32;1-15-9-8-10-27(7)22(34-27)12-20(16(2)11-19-14-35-18(4)28-19)29-23(31)13-21(30)26(5,6)25(33)17(3)24(15)32;1-15-9-8-10-27(7)22(34-27)12-20(16(2)11-19-14-35-18(4)28-19)33-23(30)13-21(29)26(5,6)25(32)17(3)24(15)31/h10,14-15,17,19-21,24,30,32H,7-9,11-13,28H2,1-6H3;11,14-15,17,20-22,24,30,32H,8-10,12-13H2,1-7H3,(H,29,31);11,14-15,17,20-22,24,29,31H,8-10,12-13H2,1-7H3/b16-10+;2*16-11+/t15-,17+,19-,20-,21-,24-,27+;2*15-,17+,20-,21-,22-,24-,27+/m000/s1. The molecule has 21 atom stereocenters. The molecule has 594 valence electrons. The normalized spacial score (nSPS) is 37.2. The predicted molar refractivity (Wildman–Crippen MR) is 413 cm³/mol. The van der Waals surface area contributed by atoms with E-state index in [2.05, 4.69) is 41.0 Å². The van der Waals surface area contributed by atoms with Crippen LogP contribution in [-0.4, -0.2) is 171 Å². The van der Waals surface area contributed by atoms with Crippen molar-refractivity contribution in [1.29, 1.82) is 0 Å². The average Bonchev–Trinajstić information content (AvgIpc) is 1.62. The number of aryl methyl sites for hydroxylation is 2. The Kier molecular flexibility index (Phi) is 30.4. The average molecular weight is 1540 g/mol. The highest BCUT2D eigenvalue weighted by Gasteiger charge is 2.56. The molecule has 22 nitrogen and oxygen atoms in total. The maximum Gasteiger partial charge on any atom is 0.309 e. The van der Waals surface area contributed by atoms with Crippen LogP contribution in [0.3, 0.4) is 0 Å². The first-order valence-corrected chi connectivity index (χ1v) is 40.9. The van der Waals surface area contributed by atoms with Gasteiger partial charge in [-0.3, -0.25) is 28.8 Å². The van der Waals surface area contributed by atoms with E-state index < -0.39 is 94.8 Å². The molecule has 9 N–H and O–H groups in total. The summed E-state index contributed by atoms with van der Waals surface area (Å²) in [5, 5.41) is 76.9. The fourth-order valence-electron chi connectivity index (χ4n) is 15.4. The molecule has 0 unspecified atom stereocenters. The number of nitrogens with one attached hydrogen (secondary N) is 1. The van der Waals surface area contributed by atoms with E-state index in [-0.39, 0.29) is 101 Å². The van der Waals surface area contributed by atoms with Gasteiger partial charge >= 0.3 is 11.9 Å². The summed E-state index contributed by atoms with van der Waals surface area (Å²) in [6, 6.07) is -0.269. The van der Waals surface area contributed by atoms with Crippen LogP contribution in [0.25, 0.3) is 18.2 Å². The lowest BCUT2D eigenvalue weighted by Gasteiger charge is -2.34. The monoisotopic (exact) mass is 1540 g/mol. The topological polar surface area (TPSA) is 357 Å². The van der Waals surface area contributed by atoms with Crippen molar-refractivity contribution in [2.24, 2.45) is 57.5 Å².